The third-order valence-corrected chi connectivity index (χ3v) is 4.70. The van der Waals surface area contributed by atoms with Crippen LogP contribution in [-0.2, 0) is 14.8 Å². The van der Waals surface area contributed by atoms with Crippen molar-refractivity contribution in [3.05, 3.63) is 0 Å². The summed E-state index contributed by atoms with van der Waals surface area (Å²) >= 11 is 0. The summed E-state index contributed by atoms with van der Waals surface area (Å²) in [7, 11) is -3.10. The van der Waals surface area contributed by atoms with Gasteiger partial charge in [-0.05, 0) is 13.3 Å². The topological polar surface area (TPSA) is 58.6 Å². The van der Waals surface area contributed by atoms with Crippen molar-refractivity contribution < 1.29 is 13.2 Å². The number of nitrogens with one attached hydrogen (secondary N) is 1. The average molecular weight is 250 g/mol. The van der Waals surface area contributed by atoms with Crippen LogP contribution < -0.4 is 5.32 Å². The fourth-order valence-electron chi connectivity index (χ4n) is 1.53. The minimum absolute atomic E-state index is 0.178. The van der Waals surface area contributed by atoms with E-state index in [0.29, 0.717) is 38.9 Å². The summed E-state index contributed by atoms with van der Waals surface area (Å²) in [5, 5.41) is 3.19. The highest BCUT2D eigenvalue weighted by atomic mass is 32.2. The van der Waals surface area contributed by atoms with E-state index in [1.165, 1.54) is 4.31 Å². The van der Waals surface area contributed by atoms with Gasteiger partial charge in [0, 0.05) is 25.7 Å². The maximum absolute atomic E-state index is 11.9. The third-order valence-electron chi connectivity index (χ3n) is 2.83. The molecule has 0 aromatic heterocycles. The lowest BCUT2D eigenvalue weighted by Crippen LogP contribution is -2.44. The lowest BCUT2D eigenvalue weighted by Gasteiger charge is -2.26. The molecule has 0 aliphatic carbocycles. The number of sulfonamides is 1. The van der Waals surface area contributed by atoms with E-state index in [2.05, 4.69) is 19.2 Å². The van der Waals surface area contributed by atoms with Gasteiger partial charge >= 0.3 is 0 Å². The molecule has 0 aromatic rings. The van der Waals surface area contributed by atoms with Crippen molar-refractivity contribution in [1.29, 1.82) is 0 Å². The summed E-state index contributed by atoms with van der Waals surface area (Å²) in [6.07, 6.45) is 1.01. The van der Waals surface area contributed by atoms with E-state index in [0.717, 1.165) is 6.42 Å². The second-order valence-electron chi connectivity index (χ2n) is 4.09. The second-order valence-corrected chi connectivity index (χ2v) is 6.18. The van der Waals surface area contributed by atoms with Crippen molar-refractivity contribution in [2.24, 2.45) is 0 Å². The maximum Gasteiger partial charge on any atom is 0.215 e. The zero-order valence-electron chi connectivity index (χ0n) is 10.1. The summed E-state index contributed by atoms with van der Waals surface area (Å²) in [4.78, 5) is 0. The highest BCUT2D eigenvalue weighted by Crippen LogP contribution is 2.05. The Morgan fingerprint density at radius 1 is 1.38 bits per heavy atom. The van der Waals surface area contributed by atoms with E-state index in [1.807, 2.05) is 0 Å². The molecule has 1 aliphatic rings. The van der Waals surface area contributed by atoms with Gasteiger partial charge in [-0.15, -0.1) is 0 Å². The van der Waals surface area contributed by atoms with Crippen LogP contribution in [0.5, 0.6) is 0 Å². The van der Waals surface area contributed by atoms with Gasteiger partial charge in [0.2, 0.25) is 10.0 Å². The first-order chi connectivity index (χ1) is 7.56. The minimum Gasteiger partial charge on any atom is -0.379 e. The van der Waals surface area contributed by atoms with Gasteiger partial charge in [0.1, 0.15) is 0 Å². The smallest absolute Gasteiger partial charge is 0.215 e. The summed E-state index contributed by atoms with van der Waals surface area (Å²) in [6.45, 7) is 6.66. The Morgan fingerprint density at radius 2 is 2.00 bits per heavy atom. The van der Waals surface area contributed by atoms with E-state index in [-0.39, 0.29) is 5.75 Å². The van der Waals surface area contributed by atoms with Gasteiger partial charge in [-0.25, -0.2) is 8.42 Å². The first kappa shape index (κ1) is 13.9. The summed E-state index contributed by atoms with van der Waals surface area (Å²) in [5.74, 6) is 0.178. The predicted molar refractivity (Wildman–Crippen MR) is 63.9 cm³/mol. The van der Waals surface area contributed by atoms with Crippen LogP contribution in [0.3, 0.4) is 0 Å². The van der Waals surface area contributed by atoms with Gasteiger partial charge < -0.3 is 10.1 Å². The predicted octanol–water partition coefficient (Wildman–Crippen LogP) is 0.0365. The van der Waals surface area contributed by atoms with Gasteiger partial charge in [0.15, 0.2) is 0 Å². The van der Waals surface area contributed by atoms with Crippen molar-refractivity contribution in [3.63, 3.8) is 0 Å². The number of nitrogens with zero attached hydrogens (tertiary/aromatic N) is 1. The van der Waals surface area contributed by atoms with Crippen LogP contribution in [0.4, 0.5) is 0 Å². The van der Waals surface area contributed by atoms with E-state index >= 15 is 0 Å². The molecule has 0 saturated carbocycles. The van der Waals surface area contributed by atoms with Crippen molar-refractivity contribution in [1.82, 2.24) is 9.62 Å². The third kappa shape index (κ3) is 4.37. The van der Waals surface area contributed by atoms with E-state index in [9.17, 15) is 8.42 Å². The molecular weight excluding hydrogens is 228 g/mol. The lowest BCUT2D eigenvalue weighted by atomic mass is 10.3. The number of morpholine rings is 1. The van der Waals surface area contributed by atoms with Gasteiger partial charge in [0.25, 0.3) is 0 Å². The number of ether oxygens (including phenoxy) is 1. The van der Waals surface area contributed by atoms with Crippen molar-refractivity contribution in [2.75, 3.05) is 38.6 Å². The van der Waals surface area contributed by atoms with Crippen LogP contribution in [0, 0.1) is 0 Å². The Balaban J connectivity index is 2.33. The van der Waals surface area contributed by atoms with Crippen LogP contribution in [0.1, 0.15) is 20.3 Å². The van der Waals surface area contributed by atoms with E-state index in [1.54, 1.807) is 0 Å². The second kappa shape index (κ2) is 6.54. The molecule has 1 fully saturated rings. The van der Waals surface area contributed by atoms with Crippen LogP contribution in [0.2, 0.25) is 0 Å². The molecule has 0 spiro atoms. The van der Waals surface area contributed by atoms with Gasteiger partial charge in [-0.1, -0.05) is 6.92 Å². The van der Waals surface area contributed by atoms with Gasteiger partial charge in [-0.2, -0.15) is 4.31 Å². The van der Waals surface area contributed by atoms with Crippen LogP contribution >= 0.6 is 0 Å². The molecule has 1 N–H and O–H groups in total. The first-order valence-corrected chi connectivity index (χ1v) is 7.46. The Bertz CT molecular complexity index is 286. The van der Waals surface area contributed by atoms with Gasteiger partial charge in [0.05, 0.1) is 19.0 Å². The number of rotatable bonds is 6. The summed E-state index contributed by atoms with van der Waals surface area (Å²) in [6, 6.07) is 0.375. The van der Waals surface area contributed by atoms with Crippen LogP contribution in [0.15, 0.2) is 0 Å². The number of hydrogen-bond acceptors (Lipinski definition) is 4. The highest BCUT2D eigenvalue weighted by Gasteiger charge is 2.23. The molecular formula is C10H22N2O3S. The monoisotopic (exact) mass is 250 g/mol. The maximum atomic E-state index is 11.9. The SMILES string of the molecule is CCC(C)NCCS(=O)(=O)N1CCOCC1. The standard InChI is InChI=1S/C10H22N2O3S/c1-3-10(2)11-4-9-16(13,14)12-5-7-15-8-6-12/h10-11H,3-9H2,1-2H3. The van der Waals surface area contributed by atoms with Crippen molar-refractivity contribution >= 4 is 10.0 Å². The molecule has 1 rings (SSSR count). The van der Waals surface area contributed by atoms with Crippen molar-refractivity contribution in [3.8, 4) is 0 Å². The van der Waals surface area contributed by atoms with Crippen molar-refractivity contribution in [2.45, 2.75) is 26.3 Å². The molecule has 96 valence electrons. The Hall–Kier alpha value is -0.170. The molecule has 1 aliphatic heterocycles. The zero-order chi connectivity index (χ0) is 12.0. The average Bonchev–Trinajstić information content (AvgIpc) is 2.30. The Morgan fingerprint density at radius 3 is 2.56 bits per heavy atom. The Kier molecular flexibility index (Phi) is 5.68. The molecule has 0 amide bonds. The normalized spacial score (nSPS) is 20.9. The largest absolute Gasteiger partial charge is 0.379 e. The number of hydrogen-bond donors (Lipinski definition) is 1. The fraction of sp³-hybridized carbons (Fsp3) is 1.00. The molecule has 0 bridgehead atoms. The molecule has 1 saturated heterocycles. The van der Waals surface area contributed by atoms with E-state index < -0.39 is 10.0 Å². The fourth-order valence-corrected chi connectivity index (χ4v) is 2.87. The minimum atomic E-state index is -3.10. The van der Waals surface area contributed by atoms with Gasteiger partial charge in [-0.3, -0.25) is 0 Å². The molecule has 1 atom stereocenters. The molecule has 16 heavy (non-hydrogen) atoms. The van der Waals surface area contributed by atoms with Crippen LogP contribution in [0.25, 0.3) is 0 Å². The first-order valence-electron chi connectivity index (χ1n) is 5.85. The quantitative estimate of drug-likeness (QED) is 0.723. The summed E-state index contributed by atoms with van der Waals surface area (Å²) < 4.78 is 30.4. The van der Waals surface area contributed by atoms with Crippen LogP contribution in [-0.4, -0.2) is 57.4 Å². The highest BCUT2D eigenvalue weighted by molar-refractivity contribution is 7.89. The molecule has 0 aromatic carbocycles. The molecule has 6 heteroatoms. The summed E-state index contributed by atoms with van der Waals surface area (Å²) in [5.41, 5.74) is 0. The molecule has 1 heterocycles. The molecule has 0 radical (unpaired) electrons. The molecule has 1 unspecified atom stereocenters. The lowest BCUT2D eigenvalue weighted by molar-refractivity contribution is 0.0730. The Labute approximate surface area is 98.2 Å². The van der Waals surface area contributed by atoms with E-state index in [4.69, 9.17) is 4.74 Å². The zero-order valence-corrected chi connectivity index (χ0v) is 10.9. The molecule has 5 nitrogen and oxygen atoms in total.